The quantitative estimate of drug-likeness (QED) is 0.914. The molecule has 19 heavy (non-hydrogen) atoms. The Kier molecular flexibility index (Phi) is 4.42. The van der Waals surface area contributed by atoms with E-state index in [1.165, 1.54) is 6.07 Å². The third-order valence-electron chi connectivity index (χ3n) is 3.43. The number of hydrogen-bond acceptors (Lipinski definition) is 3. The van der Waals surface area contributed by atoms with Gasteiger partial charge in [-0.25, -0.2) is 4.39 Å². The van der Waals surface area contributed by atoms with Crippen molar-refractivity contribution < 1.29 is 13.9 Å². The highest BCUT2D eigenvalue weighted by Gasteiger charge is 2.27. The zero-order chi connectivity index (χ0) is 14.0. The molecule has 1 aliphatic rings. The molecule has 1 saturated heterocycles. The van der Waals surface area contributed by atoms with Gasteiger partial charge in [-0.15, -0.1) is 0 Å². The Bertz CT molecular complexity index is 426. The van der Waals surface area contributed by atoms with Crippen molar-refractivity contribution in [1.82, 2.24) is 0 Å². The lowest BCUT2D eigenvalue weighted by Crippen LogP contribution is -2.36. The summed E-state index contributed by atoms with van der Waals surface area (Å²) in [5.74, 6) is -0.0506. The van der Waals surface area contributed by atoms with Crippen LogP contribution in [0.5, 0.6) is 5.75 Å². The van der Waals surface area contributed by atoms with Gasteiger partial charge in [0.2, 0.25) is 0 Å². The van der Waals surface area contributed by atoms with Gasteiger partial charge < -0.3 is 15.2 Å². The van der Waals surface area contributed by atoms with E-state index in [1.54, 1.807) is 6.07 Å². The highest BCUT2D eigenvalue weighted by molar-refractivity contribution is 5.37. The molecule has 3 nitrogen and oxygen atoms in total. The van der Waals surface area contributed by atoms with Crippen LogP contribution in [0.2, 0.25) is 0 Å². The molecular formula is C15H22FNO2. The summed E-state index contributed by atoms with van der Waals surface area (Å²) < 4.78 is 25.5. The smallest absolute Gasteiger partial charge is 0.165 e. The van der Waals surface area contributed by atoms with Crippen LogP contribution in [-0.4, -0.2) is 18.3 Å². The monoisotopic (exact) mass is 267 g/mol. The first-order valence-corrected chi connectivity index (χ1v) is 6.83. The number of rotatable bonds is 3. The molecule has 0 aromatic heterocycles. The average molecular weight is 267 g/mol. The van der Waals surface area contributed by atoms with Crippen LogP contribution in [0.25, 0.3) is 0 Å². The minimum Gasteiger partial charge on any atom is -0.487 e. The zero-order valence-electron chi connectivity index (χ0n) is 11.7. The lowest BCUT2D eigenvalue weighted by atomic mass is 10.0. The Morgan fingerprint density at radius 3 is 2.53 bits per heavy atom. The van der Waals surface area contributed by atoms with E-state index < -0.39 is 0 Å². The Balaban J connectivity index is 2.18. The third kappa shape index (κ3) is 3.45. The Hall–Kier alpha value is -1.13. The fourth-order valence-corrected chi connectivity index (χ4v) is 2.62. The molecule has 0 bridgehead atoms. The summed E-state index contributed by atoms with van der Waals surface area (Å²) in [6, 6.07) is 4.64. The first-order valence-electron chi connectivity index (χ1n) is 6.83. The van der Waals surface area contributed by atoms with Gasteiger partial charge in [-0.3, -0.25) is 0 Å². The molecule has 1 aromatic carbocycles. The molecule has 0 aliphatic carbocycles. The molecule has 2 unspecified atom stereocenters. The Morgan fingerprint density at radius 1 is 1.32 bits per heavy atom. The number of benzene rings is 1. The van der Waals surface area contributed by atoms with Crippen molar-refractivity contribution in [3.05, 3.63) is 29.6 Å². The molecule has 1 aromatic rings. The van der Waals surface area contributed by atoms with Gasteiger partial charge in [-0.2, -0.15) is 0 Å². The highest BCUT2D eigenvalue weighted by atomic mass is 19.1. The molecule has 0 radical (unpaired) electrons. The second-order valence-corrected chi connectivity index (χ2v) is 5.42. The number of ether oxygens (including phenoxy) is 2. The SMILES string of the molecule is CC1CC(Oc2c(F)cccc2[C@@H](C)N)CC(C)O1. The van der Waals surface area contributed by atoms with Gasteiger partial charge in [0.25, 0.3) is 0 Å². The number of halogens is 1. The fraction of sp³-hybridized carbons (Fsp3) is 0.600. The minimum absolute atomic E-state index is 0.0202. The Labute approximate surface area is 113 Å². The van der Waals surface area contributed by atoms with Crippen LogP contribution in [0, 0.1) is 5.82 Å². The molecule has 4 heteroatoms. The summed E-state index contributed by atoms with van der Waals surface area (Å²) in [7, 11) is 0. The van der Waals surface area contributed by atoms with E-state index in [0.717, 1.165) is 12.8 Å². The predicted octanol–water partition coefficient (Wildman–Crippen LogP) is 3.18. The van der Waals surface area contributed by atoms with E-state index in [1.807, 2.05) is 26.8 Å². The average Bonchev–Trinajstić information content (AvgIpc) is 2.30. The molecule has 2 N–H and O–H groups in total. The maximum atomic E-state index is 13.9. The van der Waals surface area contributed by atoms with Gasteiger partial charge in [0.15, 0.2) is 11.6 Å². The van der Waals surface area contributed by atoms with Crippen molar-refractivity contribution in [3.8, 4) is 5.75 Å². The number of hydrogen-bond donors (Lipinski definition) is 1. The maximum absolute atomic E-state index is 13.9. The standard InChI is InChI=1S/C15H22FNO2/c1-9-7-12(8-10(2)18-9)19-15-13(11(3)17)5-4-6-14(15)16/h4-6,9-12H,7-8,17H2,1-3H3/t9?,10?,11-,12?/m1/s1. The maximum Gasteiger partial charge on any atom is 0.165 e. The van der Waals surface area contributed by atoms with E-state index in [2.05, 4.69) is 0 Å². The van der Waals surface area contributed by atoms with Gasteiger partial charge in [0.1, 0.15) is 6.10 Å². The summed E-state index contributed by atoms with van der Waals surface area (Å²) in [6.07, 6.45) is 1.81. The highest BCUT2D eigenvalue weighted by Crippen LogP contribution is 2.31. The van der Waals surface area contributed by atoms with Gasteiger partial charge in [-0.1, -0.05) is 12.1 Å². The predicted molar refractivity (Wildman–Crippen MR) is 72.7 cm³/mol. The second kappa shape index (κ2) is 5.88. The van der Waals surface area contributed by atoms with Crippen molar-refractivity contribution in [2.24, 2.45) is 5.73 Å². The van der Waals surface area contributed by atoms with Crippen molar-refractivity contribution in [3.63, 3.8) is 0 Å². The summed E-state index contributed by atoms with van der Waals surface area (Å²) in [5, 5.41) is 0. The van der Waals surface area contributed by atoms with Crippen LogP contribution in [-0.2, 0) is 4.74 Å². The molecule has 106 valence electrons. The largest absolute Gasteiger partial charge is 0.487 e. The van der Waals surface area contributed by atoms with E-state index in [-0.39, 0.29) is 30.2 Å². The van der Waals surface area contributed by atoms with E-state index >= 15 is 0 Å². The molecule has 0 amide bonds. The summed E-state index contributed by atoms with van der Waals surface area (Å²) in [6.45, 7) is 5.86. The van der Waals surface area contributed by atoms with Crippen molar-refractivity contribution >= 4 is 0 Å². The zero-order valence-corrected chi connectivity index (χ0v) is 11.7. The van der Waals surface area contributed by atoms with E-state index in [9.17, 15) is 4.39 Å². The van der Waals surface area contributed by atoms with Gasteiger partial charge in [0.05, 0.1) is 12.2 Å². The lowest BCUT2D eigenvalue weighted by molar-refractivity contribution is -0.0729. The fourth-order valence-electron chi connectivity index (χ4n) is 2.62. The van der Waals surface area contributed by atoms with Crippen LogP contribution >= 0.6 is 0 Å². The molecule has 1 heterocycles. The van der Waals surface area contributed by atoms with Gasteiger partial charge >= 0.3 is 0 Å². The summed E-state index contributed by atoms with van der Waals surface area (Å²) in [5.41, 5.74) is 6.59. The minimum atomic E-state index is -0.346. The summed E-state index contributed by atoms with van der Waals surface area (Å²) in [4.78, 5) is 0. The van der Waals surface area contributed by atoms with Crippen molar-refractivity contribution in [1.29, 1.82) is 0 Å². The van der Waals surface area contributed by atoms with Gasteiger partial charge in [0, 0.05) is 24.4 Å². The van der Waals surface area contributed by atoms with Crippen LogP contribution in [0.15, 0.2) is 18.2 Å². The third-order valence-corrected chi connectivity index (χ3v) is 3.43. The van der Waals surface area contributed by atoms with Gasteiger partial charge in [-0.05, 0) is 26.8 Å². The molecule has 2 rings (SSSR count). The first kappa shape index (κ1) is 14.3. The van der Waals surface area contributed by atoms with Crippen LogP contribution in [0.1, 0.15) is 45.2 Å². The van der Waals surface area contributed by atoms with Crippen molar-refractivity contribution in [2.75, 3.05) is 0 Å². The molecule has 0 saturated carbocycles. The molecule has 3 atom stereocenters. The van der Waals surface area contributed by atoms with Crippen LogP contribution in [0.4, 0.5) is 4.39 Å². The molecule has 1 fully saturated rings. The first-order chi connectivity index (χ1) is 8.97. The van der Waals surface area contributed by atoms with E-state index in [0.29, 0.717) is 11.3 Å². The normalized spacial score (nSPS) is 29.0. The Morgan fingerprint density at radius 2 is 1.95 bits per heavy atom. The second-order valence-electron chi connectivity index (χ2n) is 5.42. The topological polar surface area (TPSA) is 44.5 Å². The molecule has 1 aliphatic heterocycles. The number of para-hydroxylation sites is 1. The molecular weight excluding hydrogens is 245 g/mol. The van der Waals surface area contributed by atoms with Crippen LogP contribution in [0.3, 0.4) is 0 Å². The lowest BCUT2D eigenvalue weighted by Gasteiger charge is -2.33. The summed E-state index contributed by atoms with van der Waals surface area (Å²) >= 11 is 0. The van der Waals surface area contributed by atoms with Crippen LogP contribution < -0.4 is 10.5 Å². The van der Waals surface area contributed by atoms with E-state index in [4.69, 9.17) is 15.2 Å². The number of nitrogens with two attached hydrogens (primary N) is 1. The van der Waals surface area contributed by atoms with Crippen molar-refractivity contribution in [2.45, 2.75) is 58.0 Å². The molecule has 0 spiro atoms.